The van der Waals surface area contributed by atoms with E-state index in [0.717, 1.165) is 18.4 Å². The molecule has 2 aromatic heterocycles. The van der Waals surface area contributed by atoms with Gasteiger partial charge in [0.1, 0.15) is 42.3 Å². The average molecular weight is 760 g/mol. The monoisotopic (exact) mass is 759 g/mol. The summed E-state index contributed by atoms with van der Waals surface area (Å²) in [6.45, 7) is 2.20. The molecule has 1 unspecified atom stereocenters. The summed E-state index contributed by atoms with van der Waals surface area (Å²) in [5, 5.41) is 35.9. The van der Waals surface area contributed by atoms with Crippen LogP contribution in [0.2, 0.25) is 0 Å². The molecule has 6 atom stereocenters. The summed E-state index contributed by atoms with van der Waals surface area (Å²) in [6, 6.07) is 14.5. The number of phosphoric ester groups is 1. The lowest BCUT2D eigenvalue weighted by Crippen LogP contribution is -2.41. The van der Waals surface area contributed by atoms with Crippen molar-refractivity contribution in [3.05, 3.63) is 60.0 Å². The molecule has 3 heterocycles. The minimum absolute atomic E-state index is 0.0917. The normalized spacial score (nSPS) is 21.8. The van der Waals surface area contributed by atoms with Gasteiger partial charge < -0.3 is 35.1 Å². The Bertz CT molecular complexity index is 1570. The topological polar surface area (TPSA) is 204 Å². The Labute approximate surface area is 313 Å². The Morgan fingerprint density at radius 3 is 2.23 bits per heavy atom. The van der Waals surface area contributed by atoms with Crippen LogP contribution in [0, 0.1) is 11.3 Å². The van der Waals surface area contributed by atoms with Gasteiger partial charge in [0.05, 0.1) is 32.1 Å². The number of hydrogen-bond acceptors (Lipinski definition) is 12. The standard InChI is InChI=1S/C38H58N5O9P/c1-2-3-4-5-6-7-8-9-10-11-12-13-14-18-23-48-25-31(49-24-30-19-16-15-17-20-30)26-50-53(46,47)51-27-33-35(44)36(45)38(28-39,52-33)34-22-21-32-37(40)41-29-42-43(32)34/h15-17,19-22,29,31,33,35-36,44-45H,2-14,18,23-27H2,1H3,(H,46,47)(H2,40,41,42)/t31-,33-,35-,36-,38+/m1/s1. The summed E-state index contributed by atoms with van der Waals surface area (Å²) >= 11 is 0. The number of nitriles is 1. The lowest BCUT2D eigenvalue weighted by atomic mass is 9.92. The molecule has 294 valence electrons. The maximum Gasteiger partial charge on any atom is 0.472 e. The molecule has 0 bridgehead atoms. The molecule has 0 aliphatic carbocycles. The van der Waals surface area contributed by atoms with Gasteiger partial charge in [-0.25, -0.2) is 14.1 Å². The summed E-state index contributed by atoms with van der Waals surface area (Å²) in [6.07, 6.45) is 13.5. The molecule has 1 aliphatic heterocycles. The summed E-state index contributed by atoms with van der Waals surface area (Å²) in [7, 11) is -4.71. The Morgan fingerprint density at radius 2 is 1.58 bits per heavy atom. The van der Waals surface area contributed by atoms with E-state index in [0.29, 0.717) is 12.1 Å². The number of benzene rings is 1. The molecule has 0 radical (unpaired) electrons. The number of phosphoric acid groups is 1. The second kappa shape index (κ2) is 22.4. The third-order valence-corrected chi connectivity index (χ3v) is 10.5. The maximum absolute atomic E-state index is 12.9. The van der Waals surface area contributed by atoms with Crippen LogP contribution in [0.25, 0.3) is 5.52 Å². The highest BCUT2D eigenvalue weighted by Crippen LogP contribution is 2.46. The first-order valence-electron chi connectivity index (χ1n) is 19.1. The number of aliphatic hydroxyl groups is 2. The Kier molecular flexibility index (Phi) is 18.1. The molecule has 1 fully saturated rings. The van der Waals surface area contributed by atoms with Crippen LogP contribution in [0.1, 0.15) is 108 Å². The zero-order chi connectivity index (χ0) is 37.9. The van der Waals surface area contributed by atoms with Gasteiger partial charge in [-0.15, -0.1) is 0 Å². The predicted octanol–water partition coefficient (Wildman–Crippen LogP) is 6.37. The van der Waals surface area contributed by atoms with Crippen molar-refractivity contribution in [2.75, 3.05) is 32.2 Å². The fourth-order valence-electron chi connectivity index (χ4n) is 6.48. The number of nitrogen functional groups attached to an aromatic ring is 1. The lowest BCUT2D eigenvalue weighted by Gasteiger charge is -2.24. The van der Waals surface area contributed by atoms with Crippen molar-refractivity contribution in [2.24, 2.45) is 0 Å². The van der Waals surface area contributed by atoms with Crippen LogP contribution in [0.15, 0.2) is 48.8 Å². The van der Waals surface area contributed by atoms with Crippen molar-refractivity contribution in [3.63, 3.8) is 0 Å². The SMILES string of the molecule is CCCCCCCCCCCCCCCCOC[C@H](COP(=O)(O)OC[C@H]1O[C@@](C#N)(c2ccc3c(N)ncnn23)[C@H](O)[C@@H]1O)OCc1ccccc1. The summed E-state index contributed by atoms with van der Waals surface area (Å²) < 4.78 is 42.4. The highest BCUT2D eigenvalue weighted by molar-refractivity contribution is 7.47. The first kappa shape index (κ1) is 42.8. The molecule has 0 spiro atoms. The molecule has 0 amide bonds. The van der Waals surface area contributed by atoms with Gasteiger partial charge in [-0.1, -0.05) is 121 Å². The number of fused-ring (bicyclic) bond motifs is 1. The zero-order valence-corrected chi connectivity index (χ0v) is 31.9. The Morgan fingerprint density at radius 1 is 0.943 bits per heavy atom. The summed E-state index contributed by atoms with van der Waals surface area (Å²) in [5.74, 6) is 0.136. The first-order chi connectivity index (χ1) is 25.7. The second-order valence-electron chi connectivity index (χ2n) is 13.7. The number of hydrogen-bond donors (Lipinski definition) is 4. The molecule has 53 heavy (non-hydrogen) atoms. The largest absolute Gasteiger partial charge is 0.472 e. The number of anilines is 1. The zero-order valence-electron chi connectivity index (χ0n) is 31.0. The molecule has 1 aromatic carbocycles. The fraction of sp³-hybridized carbons (Fsp3) is 0.658. The van der Waals surface area contributed by atoms with Crippen LogP contribution in [-0.4, -0.2) is 80.5 Å². The van der Waals surface area contributed by atoms with E-state index in [-0.39, 0.29) is 31.3 Å². The smallest absolute Gasteiger partial charge is 0.387 e. The molecule has 0 saturated carbocycles. The van der Waals surface area contributed by atoms with Crippen molar-refractivity contribution >= 4 is 19.2 Å². The number of nitrogens with two attached hydrogens (primary N) is 1. The summed E-state index contributed by atoms with van der Waals surface area (Å²) in [4.78, 5) is 14.4. The average Bonchev–Trinajstić information content (AvgIpc) is 3.71. The third-order valence-electron chi connectivity index (χ3n) is 9.59. The van der Waals surface area contributed by atoms with Crippen LogP contribution < -0.4 is 5.73 Å². The predicted molar refractivity (Wildman–Crippen MR) is 199 cm³/mol. The van der Waals surface area contributed by atoms with E-state index in [1.165, 1.54) is 94.0 Å². The van der Waals surface area contributed by atoms with Gasteiger partial charge in [0.25, 0.3) is 0 Å². The summed E-state index contributed by atoms with van der Waals surface area (Å²) in [5.41, 5.74) is 5.20. The van der Waals surface area contributed by atoms with Crippen molar-refractivity contribution in [1.29, 1.82) is 5.26 Å². The Balaban J connectivity index is 1.18. The quantitative estimate of drug-likeness (QED) is 0.0494. The van der Waals surface area contributed by atoms with Gasteiger partial charge in [0.2, 0.25) is 5.60 Å². The fourth-order valence-corrected chi connectivity index (χ4v) is 7.24. The highest BCUT2D eigenvalue weighted by atomic mass is 31.2. The number of ether oxygens (including phenoxy) is 3. The molecule has 14 nitrogen and oxygen atoms in total. The molecule has 3 aromatic rings. The van der Waals surface area contributed by atoms with E-state index in [9.17, 15) is 24.9 Å². The van der Waals surface area contributed by atoms with Crippen LogP contribution in [0.4, 0.5) is 5.82 Å². The van der Waals surface area contributed by atoms with Crippen molar-refractivity contribution in [2.45, 2.75) is 133 Å². The van der Waals surface area contributed by atoms with Gasteiger partial charge in [-0.05, 0) is 24.1 Å². The number of nitrogens with zero attached hydrogens (tertiary/aromatic N) is 4. The molecule has 1 aliphatic rings. The minimum atomic E-state index is -4.71. The van der Waals surface area contributed by atoms with Crippen LogP contribution in [0.3, 0.4) is 0 Å². The van der Waals surface area contributed by atoms with E-state index in [1.807, 2.05) is 36.4 Å². The van der Waals surface area contributed by atoms with Gasteiger partial charge in [-0.2, -0.15) is 10.4 Å². The highest BCUT2D eigenvalue weighted by Gasteiger charge is 2.58. The van der Waals surface area contributed by atoms with Crippen LogP contribution >= 0.6 is 7.82 Å². The van der Waals surface area contributed by atoms with Gasteiger partial charge in [0.15, 0.2) is 5.82 Å². The van der Waals surface area contributed by atoms with E-state index >= 15 is 0 Å². The van der Waals surface area contributed by atoms with Gasteiger partial charge in [-0.3, -0.25) is 9.05 Å². The number of aromatic nitrogens is 3. The number of aliphatic hydroxyl groups excluding tert-OH is 2. The molecular formula is C38H58N5O9P. The first-order valence-corrected chi connectivity index (χ1v) is 20.6. The van der Waals surface area contributed by atoms with Crippen molar-refractivity contribution < 1.29 is 42.9 Å². The van der Waals surface area contributed by atoms with E-state index < -0.39 is 44.4 Å². The molecule has 5 N–H and O–H groups in total. The molecule has 4 rings (SSSR count). The van der Waals surface area contributed by atoms with E-state index in [4.69, 9.17) is 29.0 Å². The third kappa shape index (κ3) is 13.1. The van der Waals surface area contributed by atoms with E-state index in [1.54, 1.807) is 6.07 Å². The molecule has 15 heteroatoms. The Hall–Kier alpha value is -2.96. The van der Waals surface area contributed by atoms with Crippen molar-refractivity contribution in [3.8, 4) is 6.07 Å². The molecule has 1 saturated heterocycles. The van der Waals surface area contributed by atoms with Crippen LogP contribution in [-0.2, 0) is 40.0 Å². The number of unbranched alkanes of at least 4 members (excludes halogenated alkanes) is 13. The van der Waals surface area contributed by atoms with Gasteiger partial charge >= 0.3 is 7.82 Å². The maximum atomic E-state index is 12.9. The lowest BCUT2D eigenvalue weighted by molar-refractivity contribution is -0.0690. The van der Waals surface area contributed by atoms with Crippen molar-refractivity contribution in [1.82, 2.24) is 14.6 Å². The minimum Gasteiger partial charge on any atom is -0.387 e. The van der Waals surface area contributed by atoms with E-state index in [2.05, 4.69) is 17.0 Å². The second-order valence-corrected chi connectivity index (χ2v) is 15.2. The number of rotatable bonds is 27. The van der Waals surface area contributed by atoms with Gasteiger partial charge in [0, 0.05) is 6.61 Å². The van der Waals surface area contributed by atoms with Crippen LogP contribution in [0.5, 0.6) is 0 Å². The molecular weight excluding hydrogens is 701 g/mol.